The van der Waals surface area contributed by atoms with E-state index in [-0.39, 0.29) is 0 Å². The smallest absolute Gasteiger partial charge is 0.0563 e. The summed E-state index contributed by atoms with van der Waals surface area (Å²) in [5, 5.41) is 1.40. The predicted octanol–water partition coefficient (Wildman–Crippen LogP) is -0.318. The molecule has 0 aromatic carbocycles. The summed E-state index contributed by atoms with van der Waals surface area (Å²) in [6.45, 7) is 4.19. The number of hydrazine groups is 3. The molecule has 4 heteroatoms. The van der Waals surface area contributed by atoms with Crippen molar-refractivity contribution < 1.29 is 0 Å². The van der Waals surface area contributed by atoms with Crippen molar-refractivity contribution >= 4 is 0 Å². The minimum Gasteiger partial charge on any atom is -0.305 e. The number of hydrogen-bond donors (Lipinski definition) is 3. The minimum atomic E-state index is 0.492. The number of allylic oxidation sites excluding steroid dienone is 1. The van der Waals surface area contributed by atoms with Crippen molar-refractivity contribution in [2.75, 3.05) is 0 Å². The third-order valence-electron chi connectivity index (χ3n) is 1.23. The van der Waals surface area contributed by atoms with Gasteiger partial charge in [-0.2, -0.15) is 0 Å². The average Bonchev–Trinajstić information content (AvgIpc) is 2.14. The third-order valence-corrected chi connectivity index (χ3v) is 1.23. The van der Waals surface area contributed by atoms with Crippen LogP contribution in [0.3, 0.4) is 0 Å². The van der Waals surface area contributed by atoms with Crippen molar-refractivity contribution in [2.24, 2.45) is 11.8 Å². The monoisotopic (exact) mass is 128 g/mol. The molecule has 52 valence electrons. The Morgan fingerprint density at radius 1 is 1.67 bits per heavy atom. The van der Waals surface area contributed by atoms with Gasteiger partial charge in [-0.3, -0.25) is 0 Å². The fourth-order valence-electron chi connectivity index (χ4n) is 0.637. The molecule has 0 atom stereocenters. The summed E-state index contributed by atoms with van der Waals surface area (Å²) in [5.74, 6) is 5.84. The standard InChI is InChI=1S/C5H12N4/c1-4(2)5-3-9(6)8-7-5/h3-4,7-8H,6H2,1-2H3. The molecule has 4 nitrogen and oxygen atoms in total. The van der Waals surface area contributed by atoms with Gasteiger partial charge in [0.25, 0.3) is 0 Å². The molecular formula is C5H12N4. The van der Waals surface area contributed by atoms with Gasteiger partial charge < -0.3 is 5.43 Å². The van der Waals surface area contributed by atoms with Crippen molar-refractivity contribution in [1.82, 2.24) is 16.1 Å². The molecule has 0 saturated heterocycles. The number of nitrogens with zero attached hydrogens (tertiary/aromatic N) is 1. The van der Waals surface area contributed by atoms with Crippen LogP contribution in [0.15, 0.2) is 11.9 Å². The van der Waals surface area contributed by atoms with Crippen LogP contribution >= 0.6 is 0 Å². The van der Waals surface area contributed by atoms with E-state index in [0.29, 0.717) is 5.92 Å². The lowest BCUT2D eigenvalue weighted by Crippen LogP contribution is -2.41. The summed E-state index contributed by atoms with van der Waals surface area (Å²) in [6, 6.07) is 0. The van der Waals surface area contributed by atoms with E-state index < -0.39 is 0 Å². The van der Waals surface area contributed by atoms with Crippen LogP contribution in [0.5, 0.6) is 0 Å². The van der Waals surface area contributed by atoms with Gasteiger partial charge in [-0.15, -0.1) is 5.53 Å². The molecule has 0 aromatic rings. The zero-order valence-corrected chi connectivity index (χ0v) is 5.68. The molecule has 9 heavy (non-hydrogen) atoms. The molecule has 0 saturated carbocycles. The average molecular weight is 128 g/mol. The first-order valence-electron chi connectivity index (χ1n) is 2.97. The van der Waals surface area contributed by atoms with E-state index in [4.69, 9.17) is 5.84 Å². The Labute approximate surface area is 54.6 Å². The van der Waals surface area contributed by atoms with Gasteiger partial charge in [0.15, 0.2) is 0 Å². The van der Waals surface area contributed by atoms with Gasteiger partial charge in [0.1, 0.15) is 0 Å². The van der Waals surface area contributed by atoms with E-state index in [1.165, 1.54) is 5.12 Å². The highest BCUT2D eigenvalue weighted by Gasteiger charge is 2.09. The molecule has 0 spiro atoms. The van der Waals surface area contributed by atoms with Crippen LogP contribution in [-0.2, 0) is 0 Å². The molecule has 1 rings (SSSR count). The van der Waals surface area contributed by atoms with E-state index in [0.717, 1.165) is 5.70 Å². The molecule has 1 aliphatic heterocycles. The highest BCUT2D eigenvalue weighted by molar-refractivity contribution is 5.02. The van der Waals surface area contributed by atoms with Crippen LogP contribution in [0.25, 0.3) is 0 Å². The number of rotatable bonds is 1. The van der Waals surface area contributed by atoms with Crippen molar-refractivity contribution in [1.29, 1.82) is 0 Å². The fourth-order valence-corrected chi connectivity index (χ4v) is 0.637. The molecule has 1 heterocycles. The predicted molar refractivity (Wildman–Crippen MR) is 35.2 cm³/mol. The molecule has 0 unspecified atom stereocenters. The maximum atomic E-state index is 5.35. The zero-order valence-electron chi connectivity index (χ0n) is 5.68. The van der Waals surface area contributed by atoms with E-state index in [9.17, 15) is 0 Å². The minimum absolute atomic E-state index is 0.492. The topological polar surface area (TPSA) is 53.3 Å². The van der Waals surface area contributed by atoms with E-state index in [2.05, 4.69) is 24.8 Å². The van der Waals surface area contributed by atoms with E-state index >= 15 is 0 Å². The Hall–Kier alpha value is -0.740. The van der Waals surface area contributed by atoms with Gasteiger partial charge in [0.2, 0.25) is 0 Å². The Morgan fingerprint density at radius 2 is 2.33 bits per heavy atom. The molecule has 1 aliphatic rings. The summed E-state index contributed by atoms with van der Waals surface area (Å²) >= 11 is 0. The first-order valence-corrected chi connectivity index (χ1v) is 2.97. The molecule has 0 aromatic heterocycles. The fraction of sp³-hybridized carbons (Fsp3) is 0.600. The summed E-state index contributed by atoms with van der Waals surface area (Å²) in [7, 11) is 0. The second-order valence-electron chi connectivity index (χ2n) is 2.38. The second-order valence-corrected chi connectivity index (χ2v) is 2.38. The highest BCUT2D eigenvalue weighted by atomic mass is 15.8. The van der Waals surface area contributed by atoms with Crippen molar-refractivity contribution in [2.45, 2.75) is 13.8 Å². The van der Waals surface area contributed by atoms with Crippen LogP contribution in [0.4, 0.5) is 0 Å². The van der Waals surface area contributed by atoms with Gasteiger partial charge in [-0.1, -0.05) is 13.8 Å². The molecule has 0 radical (unpaired) electrons. The normalized spacial score (nSPS) is 18.2. The summed E-state index contributed by atoms with van der Waals surface area (Å²) in [4.78, 5) is 0. The van der Waals surface area contributed by atoms with Crippen LogP contribution in [0, 0.1) is 5.92 Å². The lowest BCUT2D eigenvalue weighted by atomic mass is 10.2. The van der Waals surface area contributed by atoms with E-state index in [1.807, 2.05) is 6.20 Å². The second kappa shape index (κ2) is 2.24. The lowest BCUT2D eigenvalue weighted by Gasteiger charge is -2.06. The zero-order chi connectivity index (χ0) is 6.85. The SMILES string of the molecule is CC(C)C1=CN(N)NN1. The van der Waals surface area contributed by atoms with Gasteiger partial charge >= 0.3 is 0 Å². The Kier molecular flexibility index (Phi) is 1.59. The molecular weight excluding hydrogens is 116 g/mol. The Balaban J connectivity index is 2.52. The van der Waals surface area contributed by atoms with Gasteiger partial charge in [0, 0.05) is 5.70 Å². The molecule has 0 amide bonds. The van der Waals surface area contributed by atoms with Crippen LogP contribution in [-0.4, -0.2) is 5.12 Å². The largest absolute Gasteiger partial charge is 0.305 e. The van der Waals surface area contributed by atoms with Crippen LogP contribution in [0.1, 0.15) is 13.8 Å². The summed E-state index contributed by atoms with van der Waals surface area (Å²) in [6.07, 6.45) is 1.82. The number of nitrogens with two attached hydrogens (primary N) is 1. The number of hydrogen-bond acceptors (Lipinski definition) is 4. The summed E-state index contributed by atoms with van der Waals surface area (Å²) < 4.78 is 0. The highest BCUT2D eigenvalue weighted by Crippen LogP contribution is 2.06. The van der Waals surface area contributed by atoms with Crippen molar-refractivity contribution in [3.63, 3.8) is 0 Å². The van der Waals surface area contributed by atoms with Crippen molar-refractivity contribution in [3.05, 3.63) is 11.9 Å². The quantitative estimate of drug-likeness (QED) is 0.424. The van der Waals surface area contributed by atoms with E-state index in [1.54, 1.807) is 0 Å². The molecule has 0 bridgehead atoms. The van der Waals surface area contributed by atoms with Gasteiger partial charge in [0.05, 0.1) is 6.20 Å². The lowest BCUT2D eigenvalue weighted by molar-refractivity contribution is 0.278. The maximum absolute atomic E-state index is 5.35. The maximum Gasteiger partial charge on any atom is 0.0563 e. The molecule has 0 aliphatic carbocycles. The third kappa shape index (κ3) is 1.34. The Morgan fingerprint density at radius 3 is 2.56 bits per heavy atom. The molecule has 4 N–H and O–H groups in total. The van der Waals surface area contributed by atoms with Gasteiger partial charge in [-0.25, -0.2) is 11.0 Å². The first kappa shape index (κ1) is 6.38. The molecule has 0 fully saturated rings. The Bertz CT molecular complexity index is 129. The number of nitrogens with one attached hydrogen (secondary N) is 2. The van der Waals surface area contributed by atoms with Crippen LogP contribution in [0.2, 0.25) is 0 Å². The van der Waals surface area contributed by atoms with Crippen molar-refractivity contribution in [3.8, 4) is 0 Å². The van der Waals surface area contributed by atoms with Gasteiger partial charge in [-0.05, 0) is 5.92 Å². The summed E-state index contributed by atoms with van der Waals surface area (Å²) in [5.41, 5.74) is 6.75. The first-order chi connectivity index (χ1) is 4.20. The van der Waals surface area contributed by atoms with Crippen LogP contribution < -0.4 is 16.8 Å².